The standard InChI is InChI=1S/C12H26N4O/c1-12(14,11(13)17)6-4-7-16-8-5-10(9-16)15(2)3/h10H,4-9,14H2,1-3H3,(H2,13,17). The van der Waals surface area contributed by atoms with E-state index in [1.807, 2.05) is 0 Å². The lowest BCUT2D eigenvalue weighted by molar-refractivity contribution is -0.122. The second-order valence-corrected chi connectivity index (χ2v) is 5.59. The summed E-state index contributed by atoms with van der Waals surface area (Å²) in [4.78, 5) is 15.8. The molecule has 100 valence electrons. The van der Waals surface area contributed by atoms with Crippen LogP contribution in [0.4, 0.5) is 0 Å². The molecule has 4 N–H and O–H groups in total. The van der Waals surface area contributed by atoms with Crippen molar-refractivity contribution in [2.24, 2.45) is 11.5 Å². The molecule has 5 heteroatoms. The molecule has 0 bridgehead atoms. The Morgan fingerprint density at radius 2 is 2.18 bits per heavy atom. The maximum atomic E-state index is 11.1. The van der Waals surface area contributed by atoms with Gasteiger partial charge in [0.25, 0.3) is 0 Å². The fraction of sp³-hybridized carbons (Fsp3) is 0.917. The van der Waals surface area contributed by atoms with Crippen molar-refractivity contribution in [3.05, 3.63) is 0 Å². The van der Waals surface area contributed by atoms with Gasteiger partial charge < -0.3 is 21.3 Å². The van der Waals surface area contributed by atoms with Crippen LogP contribution in [0, 0.1) is 0 Å². The predicted octanol–water partition coefficient (Wildman–Crippen LogP) is -0.395. The maximum Gasteiger partial charge on any atom is 0.237 e. The van der Waals surface area contributed by atoms with Crippen molar-refractivity contribution in [1.29, 1.82) is 0 Å². The molecule has 0 spiro atoms. The average molecular weight is 242 g/mol. The highest BCUT2D eigenvalue weighted by Crippen LogP contribution is 2.15. The van der Waals surface area contributed by atoms with Crippen molar-refractivity contribution >= 4 is 5.91 Å². The lowest BCUT2D eigenvalue weighted by atomic mass is 9.96. The molecule has 0 aliphatic carbocycles. The first-order valence-corrected chi connectivity index (χ1v) is 6.30. The van der Waals surface area contributed by atoms with Gasteiger partial charge in [-0.15, -0.1) is 0 Å². The third-order valence-corrected chi connectivity index (χ3v) is 3.71. The smallest absolute Gasteiger partial charge is 0.237 e. The SMILES string of the molecule is CN(C)C1CCN(CCCC(C)(N)C(N)=O)C1. The van der Waals surface area contributed by atoms with Crippen molar-refractivity contribution in [3.63, 3.8) is 0 Å². The molecule has 1 aliphatic heterocycles. The van der Waals surface area contributed by atoms with E-state index in [1.54, 1.807) is 6.92 Å². The quantitative estimate of drug-likeness (QED) is 0.665. The minimum Gasteiger partial charge on any atom is -0.368 e. The number of carbonyl (C=O) groups excluding carboxylic acids is 1. The summed E-state index contributed by atoms with van der Waals surface area (Å²) in [6, 6.07) is 0.662. The number of hydrogen-bond donors (Lipinski definition) is 2. The van der Waals surface area contributed by atoms with E-state index in [2.05, 4.69) is 23.9 Å². The molecule has 5 nitrogen and oxygen atoms in total. The topological polar surface area (TPSA) is 75.6 Å². The zero-order chi connectivity index (χ0) is 13.1. The molecule has 0 aromatic heterocycles. The predicted molar refractivity (Wildman–Crippen MR) is 69.6 cm³/mol. The van der Waals surface area contributed by atoms with Crippen LogP contribution in [0.15, 0.2) is 0 Å². The van der Waals surface area contributed by atoms with Crippen molar-refractivity contribution in [1.82, 2.24) is 9.80 Å². The van der Waals surface area contributed by atoms with E-state index in [4.69, 9.17) is 11.5 Å². The van der Waals surface area contributed by atoms with Crippen molar-refractivity contribution < 1.29 is 4.79 Å². The Hall–Kier alpha value is -0.650. The number of amides is 1. The number of primary amides is 1. The Kier molecular flexibility index (Phi) is 4.91. The summed E-state index contributed by atoms with van der Waals surface area (Å²) in [6.07, 6.45) is 2.81. The molecule has 1 amide bonds. The molecule has 0 aromatic rings. The lowest BCUT2D eigenvalue weighted by Crippen LogP contribution is -2.49. The van der Waals surface area contributed by atoms with Gasteiger partial charge in [0.15, 0.2) is 0 Å². The molecular weight excluding hydrogens is 216 g/mol. The number of rotatable bonds is 6. The highest BCUT2D eigenvalue weighted by molar-refractivity contribution is 5.83. The number of nitrogens with zero attached hydrogens (tertiary/aromatic N) is 2. The van der Waals surface area contributed by atoms with E-state index in [0.717, 1.165) is 26.1 Å². The first-order valence-electron chi connectivity index (χ1n) is 6.30. The summed E-state index contributed by atoms with van der Waals surface area (Å²) in [5.41, 5.74) is 10.2. The number of likely N-dealkylation sites (tertiary alicyclic amines) is 1. The molecule has 2 atom stereocenters. The molecule has 17 heavy (non-hydrogen) atoms. The van der Waals surface area contributed by atoms with E-state index in [-0.39, 0.29) is 0 Å². The van der Waals surface area contributed by atoms with Gasteiger partial charge in [0.2, 0.25) is 5.91 Å². The molecule has 1 fully saturated rings. The Balaban J connectivity index is 2.23. The molecule has 2 unspecified atom stereocenters. The second kappa shape index (κ2) is 5.80. The van der Waals surface area contributed by atoms with Gasteiger partial charge in [-0.2, -0.15) is 0 Å². The molecule has 1 rings (SSSR count). The van der Waals surface area contributed by atoms with E-state index >= 15 is 0 Å². The highest BCUT2D eigenvalue weighted by atomic mass is 16.1. The summed E-state index contributed by atoms with van der Waals surface area (Å²) in [6.45, 7) is 4.97. The zero-order valence-corrected chi connectivity index (χ0v) is 11.3. The van der Waals surface area contributed by atoms with Crippen LogP contribution in [-0.4, -0.2) is 61.0 Å². The van der Waals surface area contributed by atoms with E-state index in [0.29, 0.717) is 12.5 Å². The number of hydrogen-bond acceptors (Lipinski definition) is 4. The van der Waals surface area contributed by atoms with Gasteiger partial charge in [-0.1, -0.05) is 0 Å². The average Bonchev–Trinajstić information content (AvgIpc) is 2.66. The van der Waals surface area contributed by atoms with E-state index < -0.39 is 11.4 Å². The third kappa shape index (κ3) is 4.26. The molecule has 0 aromatic carbocycles. The maximum absolute atomic E-state index is 11.1. The van der Waals surface area contributed by atoms with Gasteiger partial charge >= 0.3 is 0 Å². The molecule has 0 radical (unpaired) electrons. The molecule has 1 saturated heterocycles. The van der Waals surface area contributed by atoms with Crippen LogP contribution in [0.3, 0.4) is 0 Å². The van der Waals surface area contributed by atoms with Gasteiger partial charge in [0.1, 0.15) is 0 Å². The molecular formula is C12H26N4O. The summed E-state index contributed by atoms with van der Waals surface area (Å²) < 4.78 is 0. The summed E-state index contributed by atoms with van der Waals surface area (Å²) in [7, 11) is 4.25. The fourth-order valence-electron chi connectivity index (χ4n) is 2.23. The molecule has 0 saturated carbocycles. The zero-order valence-electron chi connectivity index (χ0n) is 11.3. The van der Waals surface area contributed by atoms with Gasteiger partial charge in [0, 0.05) is 12.6 Å². The van der Waals surface area contributed by atoms with E-state index in [1.165, 1.54) is 6.42 Å². The summed E-state index contributed by atoms with van der Waals surface area (Å²) in [5.74, 6) is -0.412. The Morgan fingerprint density at radius 3 is 2.65 bits per heavy atom. The summed E-state index contributed by atoms with van der Waals surface area (Å²) in [5, 5.41) is 0. The monoisotopic (exact) mass is 242 g/mol. The van der Waals surface area contributed by atoms with Gasteiger partial charge in [0.05, 0.1) is 5.54 Å². The molecule has 1 heterocycles. The lowest BCUT2D eigenvalue weighted by Gasteiger charge is -2.23. The number of nitrogens with two attached hydrogens (primary N) is 2. The minimum absolute atomic E-state index is 0.412. The van der Waals surface area contributed by atoms with Crippen molar-refractivity contribution in [2.75, 3.05) is 33.7 Å². The Labute approximate surface area is 104 Å². The van der Waals surface area contributed by atoms with Crippen molar-refractivity contribution in [3.8, 4) is 0 Å². The minimum atomic E-state index is -0.860. The molecule has 1 aliphatic rings. The number of carbonyl (C=O) groups is 1. The fourth-order valence-corrected chi connectivity index (χ4v) is 2.23. The van der Waals surface area contributed by atoms with Crippen LogP contribution in [0.1, 0.15) is 26.2 Å². The van der Waals surface area contributed by atoms with Crippen molar-refractivity contribution in [2.45, 2.75) is 37.8 Å². The van der Waals surface area contributed by atoms with Crippen LogP contribution in [0.5, 0.6) is 0 Å². The number of likely N-dealkylation sites (N-methyl/N-ethyl adjacent to an activating group) is 1. The van der Waals surface area contributed by atoms with Gasteiger partial charge in [-0.25, -0.2) is 0 Å². The van der Waals surface area contributed by atoms with E-state index in [9.17, 15) is 4.79 Å². The normalized spacial score (nSPS) is 25.1. The van der Waals surface area contributed by atoms with Crippen LogP contribution in [0.25, 0.3) is 0 Å². The van der Waals surface area contributed by atoms with Crippen LogP contribution < -0.4 is 11.5 Å². The Morgan fingerprint density at radius 1 is 1.53 bits per heavy atom. The first kappa shape index (κ1) is 14.4. The third-order valence-electron chi connectivity index (χ3n) is 3.71. The second-order valence-electron chi connectivity index (χ2n) is 5.59. The summed E-state index contributed by atoms with van der Waals surface area (Å²) >= 11 is 0. The van der Waals surface area contributed by atoms with Crippen LogP contribution >= 0.6 is 0 Å². The van der Waals surface area contributed by atoms with Crippen LogP contribution in [-0.2, 0) is 4.79 Å². The van der Waals surface area contributed by atoms with Gasteiger partial charge in [-0.3, -0.25) is 4.79 Å². The largest absolute Gasteiger partial charge is 0.368 e. The van der Waals surface area contributed by atoms with Gasteiger partial charge in [-0.05, 0) is 53.4 Å². The Bertz CT molecular complexity index is 265. The highest BCUT2D eigenvalue weighted by Gasteiger charge is 2.27. The first-order chi connectivity index (χ1) is 7.83. The van der Waals surface area contributed by atoms with Crippen LogP contribution in [0.2, 0.25) is 0 Å².